The summed E-state index contributed by atoms with van der Waals surface area (Å²) in [4.78, 5) is 13.0. The van der Waals surface area contributed by atoms with Gasteiger partial charge in [0.25, 0.3) is 0 Å². The van der Waals surface area contributed by atoms with Crippen LogP contribution in [0.5, 0.6) is 0 Å². The molecule has 8 heteroatoms. The number of piperazine rings is 1. The van der Waals surface area contributed by atoms with E-state index in [0.717, 1.165) is 26.8 Å². The maximum absolute atomic E-state index is 12.9. The number of sulfonamides is 1. The number of aromatic nitrogens is 2. The van der Waals surface area contributed by atoms with Gasteiger partial charge < -0.3 is 4.90 Å². The summed E-state index contributed by atoms with van der Waals surface area (Å²) in [6, 6.07) is 1.78. The Balaban J connectivity index is 1.77. The highest BCUT2D eigenvalue weighted by Gasteiger charge is 2.31. The second-order valence-corrected chi connectivity index (χ2v) is 9.44. The lowest BCUT2D eigenvalue weighted by molar-refractivity contribution is 0.383. The molecule has 24 heavy (non-hydrogen) atoms. The lowest BCUT2D eigenvalue weighted by Crippen LogP contribution is -2.49. The van der Waals surface area contributed by atoms with Crippen molar-refractivity contribution in [1.29, 1.82) is 0 Å². The average Bonchev–Trinajstić information content (AvgIpc) is 2.89. The molecule has 0 aliphatic carbocycles. The van der Waals surface area contributed by atoms with E-state index in [0.29, 0.717) is 31.1 Å². The quantitative estimate of drug-likeness (QED) is 0.834. The Kier molecular flexibility index (Phi) is 4.63. The molecule has 1 fully saturated rings. The minimum absolute atomic E-state index is 0.451. The van der Waals surface area contributed by atoms with Crippen molar-refractivity contribution in [3.8, 4) is 0 Å². The first-order valence-corrected chi connectivity index (χ1v) is 10.2. The second-order valence-electron chi connectivity index (χ2n) is 6.08. The molecule has 1 saturated heterocycles. The molecule has 0 spiro atoms. The molecule has 2 aromatic heterocycles. The molecule has 0 radical (unpaired) electrons. The number of anilines is 1. The average molecular weight is 367 g/mol. The van der Waals surface area contributed by atoms with Crippen molar-refractivity contribution in [1.82, 2.24) is 14.3 Å². The van der Waals surface area contributed by atoms with Crippen molar-refractivity contribution in [2.45, 2.75) is 32.6 Å². The zero-order valence-corrected chi connectivity index (χ0v) is 16.0. The molecule has 3 heterocycles. The number of thiophene rings is 1. The highest BCUT2D eigenvalue weighted by atomic mass is 32.2. The van der Waals surface area contributed by atoms with Crippen LogP contribution in [0.25, 0.3) is 0 Å². The first-order chi connectivity index (χ1) is 11.3. The van der Waals surface area contributed by atoms with E-state index >= 15 is 0 Å². The summed E-state index contributed by atoms with van der Waals surface area (Å²) in [5.74, 6) is 0.905. The van der Waals surface area contributed by atoms with Crippen LogP contribution in [-0.4, -0.2) is 48.9 Å². The third-order valence-electron chi connectivity index (χ3n) is 4.46. The van der Waals surface area contributed by atoms with E-state index in [1.807, 2.05) is 27.7 Å². The Morgan fingerprint density at radius 2 is 1.71 bits per heavy atom. The summed E-state index contributed by atoms with van der Waals surface area (Å²) in [5, 5.41) is 0. The maximum Gasteiger partial charge on any atom is 0.244 e. The zero-order valence-electron chi connectivity index (χ0n) is 14.4. The van der Waals surface area contributed by atoms with Gasteiger partial charge in [0.2, 0.25) is 10.0 Å². The fourth-order valence-electron chi connectivity index (χ4n) is 2.99. The van der Waals surface area contributed by atoms with Crippen LogP contribution in [0.15, 0.2) is 17.3 Å². The van der Waals surface area contributed by atoms with Gasteiger partial charge in [0.05, 0.1) is 4.90 Å². The highest BCUT2D eigenvalue weighted by molar-refractivity contribution is 7.89. The van der Waals surface area contributed by atoms with Crippen molar-refractivity contribution < 1.29 is 8.42 Å². The van der Waals surface area contributed by atoms with E-state index in [-0.39, 0.29) is 0 Å². The summed E-state index contributed by atoms with van der Waals surface area (Å²) >= 11 is 1.53. The van der Waals surface area contributed by atoms with Gasteiger partial charge in [-0.3, -0.25) is 0 Å². The molecule has 0 amide bonds. The molecular formula is C16H22N4O2S2. The molecule has 0 N–H and O–H groups in total. The first kappa shape index (κ1) is 17.3. The Hall–Kier alpha value is -1.51. The van der Waals surface area contributed by atoms with Gasteiger partial charge in [0, 0.05) is 47.2 Å². The smallest absolute Gasteiger partial charge is 0.244 e. The summed E-state index contributed by atoms with van der Waals surface area (Å²) in [6.07, 6.45) is 1.57. The molecule has 1 aliphatic heterocycles. The summed E-state index contributed by atoms with van der Waals surface area (Å²) in [7, 11) is -3.41. The molecule has 1 aliphatic rings. The molecule has 130 valence electrons. The number of rotatable bonds is 3. The SMILES string of the molecule is Cc1cc(S(=O)(=O)N2CCN(c3ncnc(C)c3C)CC2)c(C)s1. The predicted molar refractivity (Wildman–Crippen MR) is 96.3 cm³/mol. The van der Waals surface area contributed by atoms with Gasteiger partial charge in [0.15, 0.2) is 0 Å². The fraction of sp³-hybridized carbons (Fsp3) is 0.500. The minimum atomic E-state index is -3.41. The van der Waals surface area contributed by atoms with Crippen LogP contribution in [-0.2, 0) is 10.0 Å². The topological polar surface area (TPSA) is 66.4 Å². The lowest BCUT2D eigenvalue weighted by atomic mass is 10.2. The molecule has 0 unspecified atom stereocenters. The van der Waals surface area contributed by atoms with Gasteiger partial charge in [0.1, 0.15) is 12.1 Å². The van der Waals surface area contributed by atoms with E-state index in [4.69, 9.17) is 0 Å². The molecule has 0 aromatic carbocycles. The van der Waals surface area contributed by atoms with Crippen LogP contribution in [0.1, 0.15) is 21.0 Å². The number of aryl methyl sites for hydroxylation is 3. The Bertz CT molecular complexity index is 853. The Labute approximate surface area is 147 Å². The molecule has 0 saturated carbocycles. The van der Waals surface area contributed by atoms with Crippen molar-refractivity contribution >= 4 is 27.2 Å². The zero-order chi connectivity index (χ0) is 17.5. The van der Waals surface area contributed by atoms with Crippen molar-refractivity contribution in [2.24, 2.45) is 0 Å². The molecule has 0 bridgehead atoms. The van der Waals surface area contributed by atoms with Crippen LogP contribution in [0, 0.1) is 27.7 Å². The van der Waals surface area contributed by atoms with Gasteiger partial charge in [-0.1, -0.05) is 0 Å². The van der Waals surface area contributed by atoms with Crippen LogP contribution in [0.4, 0.5) is 5.82 Å². The van der Waals surface area contributed by atoms with E-state index in [1.165, 1.54) is 11.3 Å². The number of nitrogens with zero attached hydrogens (tertiary/aromatic N) is 4. The van der Waals surface area contributed by atoms with E-state index in [9.17, 15) is 8.42 Å². The Morgan fingerprint density at radius 1 is 1.04 bits per heavy atom. The maximum atomic E-state index is 12.9. The van der Waals surface area contributed by atoms with Crippen LogP contribution >= 0.6 is 11.3 Å². The predicted octanol–water partition coefficient (Wildman–Crippen LogP) is 2.28. The van der Waals surface area contributed by atoms with Crippen molar-refractivity contribution in [2.75, 3.05) is 31.1 Å². The van der Waals surface area contributed by atoms with Crippen LogP contribution < -0.4 is 4.90 Å². The largest absolute Gasteiger partial charge is 0.354 e. The van der Waals surface area contributed by atoms with Crippen molar-refractivity contribution in [3.63, 3.8) is 0 Å². The first-order valence-electron chi connectivity index (χ1n) is 7.91. The van der Waals surface area contributed by atoms with Crippen molar-refractivity contribution in [3.05, 3.63) is 33.4 Å². The van der Waals surface area contributed by atoms with Gasteiger partial charge in [-0.2, -0.15) is 4.31 Å². The van der Waals surface area contributed by atoms with Gasteiger partial charge in [-0.25, -0.2) is 18.4 Å². The minimum Gasteiger partial charge on any atom is -0.354 e. The normalized spacial score (nSPS) is 16.6. The van der Waals surface area contributed by atoms with E-state index in [1.54, 1.807) is 16.7 Å². The second kappa shape index (κ2) is 6.42. The van der Waals surface area contributed by atoms with E-state index < -0.39 is 10.0 Å². The molecule has 6 nitrogen and oxygen atoms in total. The monoisotopic (exact) mass is 366 g/mol. The standard InChI is InChI=1S/C16H22N4O2S2/c1-11-9-15(14(4)23-11)24(21,22)20-7-5-19(6-8-20)16-12(2)13(3)17-10-18-16/h9-10H,5-8H2,1-4H3. The number of hydrogen-bond acceptors (Lipinski definition) is 6. The molecular weight excluding hydrogens is 344 g/mol. The summed E-state index contributed by atoms with van der Waals surface area (Å²) in [6.45, 7) is 9.99. The lowest BCUT2D eigenvalue weighted by Gasteiger charge is -2.35. The third-order valence-corrected chi connectivity index (χ3v) is 7.58. The highest BCUT2D eigenvalue weighted by Crippen LogP contribution is 2.29. The van der Waals surface area contributed by atoms with Gasteiger partial charge in [-0.05, 0) is 33.8 Å². The summed E-state index contributed by atoms with van der Waals surface area (Å²) in [5.41, 5.74) is 2.01. The number of hydrogen-bond donors (Lipinski definition) is 0. The molecule has 0 atom stereocenters. The van der Waals surface area contributed by atoms with Gasteiger partial charge >= 0.3 is 0 Å². The molecule has 2 aromatic rings. The summed E-state index contributed by atoms with van der Waals surface area (Å²) < 4.78 is 27.3. The van der Waals surface area contributed by atoms with Crippen LogP contribution in [0.3, 0.4) is 0 Å². The fourth-order valence-corrected chi connectivity index (χ4v) is 5.93. The molecule has 3 rings (SSSR count). The third kappa shape index (κ3) is 3.05. The van der Waals surface area contributed by atoms with Gasteiger partial charge in [-0.15, -0.1) is 11.3 Å². The Morgan fingerprint density at radius 3 is 2.29 bits per heavy atom. The van der Waals surface area contributed by atoms with Crippen LogP contribution in [0.2, 0.25) is 0 Å². The van der Waals surface area contributed by atoms with E-state index in [2.05, 4.69) is 14.9 Å².